The van der Waals surface area contributed by atoms with Crippen LogP contribution in [0, 0.1) is 0 Å². The van der Waals surface area contributed by atoms with E-state index in [4.69, 9.17) is 4.74 Å². The van der Waals surface area contributed by atoms with Gasteiger partial charge in [0.05, 0.1) is 12.7 Å². The number of hydrogen-bond acceptors (Lipinski definition) is 2. The number of nitrogens with zero attached hydrogens (tertiary/aromatic N) is 2. The van der Waals surface area contributed by atoms with E-state index in [1.165, 1.54) is 5.56 Å². The van der Waals surface area contributed by atoms with Gasteiger partial charge in [-0.15, -0.1) is 0 Å². The van der Waals surface area contributed by atoms with Crippen molar-refractivity contribution in [1.82, 2.24) is 9.55 Å². The molecule has 0 aliphatic heterocycles. The summed E-state index contributed by atoms with van der Waals surface area (Å²) in [6.45, 7) is 0.778. The Morgan fingerprint density at radius 2 is 1.86 bits per heavy atom. The first-order chi connectivity index (χ1) is 10.3. The number of methoxy groups -OCH3 is 1. The molecule has 0 atom stereocenters. The highest BCUT2D eigenvalue weighted by molar-refractivity contribution is 9.10. The molecule has 0 amide bonds. The van der Waals surface area contributed by atoms with Crippen molar-refractivity contribution in [3.8, 4) is 17.1 Å². The normalized spacial score (nSPS) is 10.6. The fourth-order valence-corrected chi connectivity index (χ4v) is 2.56. The van der Waals surface area contributed by atoms with Crippen LogP contribution in [-0.4, -0.2) is 16.7 Å². The molecule has 0 saturated heterocycles. The summed E-state index contributed by atoms with van der Waals surface area (Å²) in [5, 5.41) is 0. The van der Waals surface area contributed by atoms with E-state index < -0.39 is 0 Å². The van der Waals surface area contributed by atoms with Crippen LogP contribution in [0.3, 0.4) is 0 Å². The second-order valence-electron chi connectivity index (χ2n) is 4.71. The third kappa shape index (κ3) is 3.00. The molecule has 0 spiro atoms. The van der Waals surface area contributed by atoms with Crippen LogP contribution >= 0.6 is 15.9 Å². The van der Waals surface area contributed by atoms with Crippen LogP contribution in [0.1, 0.15) is 5.56 Å². The van der Waals surface area contributed by atoms with E-state index in [0.717, 1.165) is 28.2 Å². The minimum absolute atomic E-state index is 0.778. The molecule has 0 radical (unpaired) electrons. The lowest BCUT2D eigenvalue weighted by Crippen LogP contribution is -2.02. The summed E-state index contributed by atoms with van der Waals surface area (Å²) >= 11 is 3.46. The molecule has 0 unspecified atom stereocenters. The van der Waals surface area contributed by atoms with Crippen LogP contribution in [0.25, 0.3) is 11.4 Å². The average Bonchev–Trinajstić information content (AvgIpc) is 2.97. The van der Waals surface area contributed by atoms with Gasteiger partial charge in [-0.2, -0.15) is 0 Å². The van der Waals surface area contributed by atoms with Gasteiger partial charge in [-0.1, -0.05) is 40.2 Å². The first-order valence-electron chi connectivity index (χ1n) is 6.67. The molecule has 2 aromatic carbocycles. The van der Waals surface area contributed by atoms with Gasteiger partial charge in [-0.05, 0) is 29.8 Å². The highest BCUT2D eigenvalue weighted by Crippen LogP contribution is 2.28. The summed E-state index contributed by atoms with van der Waals surface area (Å²) < 4.78 is 8.64. The standard InChI is InChI=1S/C17H15BrN2O/c1-21-16-5-3-2-4-15(16)17-19-10-11-20(17)12-13-6-8-14(18)9-7-13/h2-11H,12H2,1H3. The van der Waals surface area contributed by atoms with Gasteiger partial charge < -0.3 is 9.30 Å². The van der Waals surface area contributed by atoms with Gasteiger partial charge in [0.1, 0.15) is 11.6 Å². The Bertz CT molecular complexity index is 735. The Labute approximate surface area is 132 Å². The maximum Gasteiger partial charge on any atom is 0.143 e. The number of benzene rings is 2. The highest BCUT2D eigenvalue weighted by atomic mass is 79.9. The van der Waals surface area contributed by atoms with Gasteiger partial charge in [0.2, 0.25) is 0 Å². The lowest BCUT2D eigenvalue weighted by atomic mass is 10.1. The Hall–Kier alpha value is -2.07. The Kier molecular flexibility index (Phi) is 4.06. The molecule has 3 rings (SSSR count). The SMILES string of the molecule is COc1ccccc1-c1nccn1Cc1ccc(Br)cc1. The number of imidazole rings is 1. The number of para-hydroxylation sites is 1. The quantitative estimate of drug-likeness (QED) is 0.703. The van der Waals surface area contributed by atoms with E-state index in [1.807, 2.05) is 36.7 Å². The van der Waals surface area contributed by atoms with Gasteiger partial charge in [0.15, 0.2) is 0 Å². The summed E-state index contributed by atoms with van der Waals surface area (Å²) in [5.41, 5.74) is 2.23. The molecule has 3 aromatic rings. The van der Waals surface area contributed by atoms with Crippen molar-refractivity contribution in [2.75, 3.05) is 7.11 Å². The molecule has 106 valence electrons. The zero-order chi connectivity index (χ0) is 14.7. The molecule has 0 bridgehead atoms. The van der Waals surface area contributed by atoms with Crippen molar-refractivity contribution < 1.29 is 4.74 Å². The van der Waals surface area contributed by atoms with Crippen molar-refractivity contribution in [1.29, 1.82) is 0 Å². The molecule has 3 nitrogen and oxygen atoms in total. The van der Waals surface area contributed by atoms with E-state index >= 15 is 0 Å². The summed E-state index contributed by atoms with van der Waals surface area (Å²) in [6.07, 6.45) is 3.81. The number of ether oxygens (including phenoxy) is 1. The number of hydrogen-bond donors (Lipinski definition) is 0. The van der Waals surface area contributed by atoms with Crippen LogP contribution in [0.4, 0.5) is 0 Å². The highest BCUT2D eigenvalue weighted by Gasteiger charge is 2.11. The molecule has 0 aliphatic carbocycles. The molecular formula is C17H15BrN2O. The molecule has 0 aliphatic rings. The second kappa shape index (κ2) is 6.14. The Morgan fingerprint density at radius 3 is 2.62 bits per heavy atom. The molecule has 1 heterocycles. The monoisotopic (exact) mass is 342 g/mol. The lowest BCUT2D eigenvalue weighted by Gasteiger charge is -2.11. The molecule has 1 aromatic heterocycles. The van der Waals surface area contributed by atoms with E-state index in [1.54, 1.807) is 7.11 Å². The minimum atomic E-state index is 0.778. The van der Waals surface area contributed by atoms with Crippen LogP contribution < -0.4 is 4.74 Å². The average molecular weight is 343 g/mol. The molecule has 0 fully saturated rings. The minimum Gasteiger partial charge on any atom is -0.496 e. The van der Waals surface area contributed by atoms with Crippen molar-refractivity contribution >= 4 is 15.9 Å². The molecule has 21 heavy (non-hydrogen) atoms. The Balaban J connectivity index is 1.95. The smallest absolute Gasteiger partial charge is 0.143 e. The zero-order valence-electron chi connectivity index (χ0n) is 11.7. The van der Waals surface area contributed by atoms with Gasteiger partial charge >= 0.3 is 0 Å². The number of rotatable bonds is 4. The molecule has 4 heteroatoms. The number of halogens is 1. The van der Waals surface area contributed by atoms with E-state index in [9.17, 15) is 0 Å². The van der Waals surface area contributed by atoms with Crippen molar-refractivity contribution in [3.05, 3.63) is 71.0 Å². The van der Waals surface area contributed by atoms with Crippen LogP contribution in [0.15, 0.2) is 65.4 Å². The van der Waals surface area contributed by atoms with Crippen molar-refractivity contribution in [3.63, 3.8) is 0 Å². The van der Waals surface area contributed by atoms with Gasteiger partial charge in [0, 0.05) is 23.4 Å². The van der Waals surface area contributed by atoms with Gasteiger partial charge in [0.25, 0.3) is 0 Å². The summed E-state index contributed by atoms with van der Waals surface area (Å²) in [7, 11) is 1.68. The van der Waals surface area contributed by atoms with Crippen LogP contribution in [0.5, 0.6) is 5.75 Å². The third-order valence-electron chi connectivity index (χ3n) is 3.33. The summed E-state index contributed by atoms with van der Waals surface area (Å²) in [6, 6.07) is 16.3. The van der Waals surface area contributed by atoms with Crippen molar-refractivity contribution in [2.24, 2.45) is 0 Å². The summed E-state index contributed by atoms with van der Waals surface area (Å²) in [4.78, 5) is 4.48. The van der Waals surface area contributed by atoms with Crippen molar-refractivity contribution in [2.45, 2.75) is 6.54 Å². The maximum absolute atomic E-state index is 5.43. The molecule has 0 N–H and O–H groups in total. The fourth-order valence-electron chi connectivity index (χ4n) is 2.30. The fraction of sp³-hybridized carbons (Fsp3) is 0.118. The van der Waals surface area contributed by atoms with Crippen LogP contribution in [0.2, 0.25) is 0 Å². The lowest BCUT2D eigenvalue weighted by molar-refractivity contribution is 0.416. The molecular weight excluding hydrogens is 328 g/mol. The van der Waals surface area contributed by atoms with Crippen LogP contribution in [-0.2, 0) is 6.54 Å². The first-order valence-corrected chi connectivity index (χ1v) is 7.46. The molecule has 0 saturated carbocycles. The largest absolute Gasteiger partial charge is 0.496 e. The zero-order valence-corrected chi connectivity index (χ0v) is 13.2. The Morgan fingerprint density at radius 1 is 1.10 bits per heavy atom. The first kappa shape index (κ1) is 13.9. The predicted molar refractivity (Wildman–Crippen MR) is 87.5 cm³/mol. The van der Waals surface area contributed by atoms with Gasteiger partial charge in [-0.3, -0.25) is 0 Å². The number of aromatic nitrogens is 2. The maximum atomic E-state index is 5.43. The van der Waals surface area contributed by atoms with E-state index in [0.29, 0.717) is 0 Å². The predicted octanol–water partition coefficient (Wildman–Crippen LogP) is 4.37. The summed E-state index contributed by atoms with van der Waals surface area (Å²) in [5.74, 6) is 1.75. The topological polar surface area (TPSA) is 27.1 Å². The second-order valence-corrected chi connectivity index (χ2v) is 5.62. The van der Waals surface area contributed by atoms with Gasteiger partial charge in [-0.25, -0.2) is 4.98 Å². The van der Waals surface area contributed by atoms with E-state index in [2.05, 4.69) is 49.7 Å². The third-order valence-corrected chi connectivity index (χ3v) is 3.86. The van der Waals surface area contributed by atoms with E-state index in [-0.39, 0.29) is 0 Å².